The largest absolute Gasteiger partial charge is 0.481 e. The highest BCUT2D eigenvalue weighted by molar-refractivity contribution is 5.94. The van der Waals surface area contributed by atoms with Gasteiger partial charge in [-0.15, -0.1) is 0 Å². The summed E-state index contributed by atoms with van der Waals surface area (Å²) in [5, 5.41) is 26.3. The van der Waals surface area contributed by atoms with Gasteiger partial charge in [0.15, 0.2) is 0 Å². The van der Waals surface area contributed by atoms with Crippen molar-refractivity contribution in [3.8, 4) is 0 Å². The van der Waals surface area contributed by atoms with Crippen molar-refractivity contribution < 1.29 is 34.2 Å². The topological polar surface area (TPSA) is 217 Å². The fourth-order valence-corrected chi connectivity index (χ4v) is 3.84. The zero-order valence-electron chi connectivity index (χ0n) is 21.9. The number of carbonyl (C=O) groups excluding carboxylic acids is 3. The van der Waals surface area contributed by atoms with Crippen molar-refractivity contribution in [1.29, 1.82) is 0 Å². The highest BCUT2D eigenvalue weighted by Crippen LogP contribution is 2.09. The normalized spacial score (nSPS) is 14.1. The Kier molecular flexibility index (Phi) is 12.1. The number of nitrogens with zero attached hydrogens (tertiary/aromatic N) is 1. The molecule has 212 valence electrons. The van der Waals surface area contributed by atoms with E-state index in [9.17, 15) is 29.1 Å². The third-order valence-electron chi connectivity index (χ3n) is 5.85. The lowest BCUT2D eigenvalue weighted by Gasteiger charge is -2.26. The third-order valence-corrected chi connectivity index (χ3v) is 5.85. The Morgan fingerprint density at radius 2 is 1.51 bits per heavy atom. The van der Waals surface area contributed by atoms with Gasteiger partial charge in [0.1, 0.15) is 18.1 Å². The van der Waals surface area contributed by atoms with Gasteiger partial charge < -0.3 is 36.9 Å². The fourth-order valence-electron chi connectivity index (χ4n) is 3.84. The summed E-state index contributed by atoms with van der Waals surface area (Å²) in [6, 6.07) is 3.95. The number of rotatable bonds is 16. The van der Waals surface area contributed by atoms with Gasteiger partial charge in [0, 0.05) is 31.2 Å². The van der Waals surface area contributed by atoms with Crippen LogP contribution >= 0.6 is 0 Å². The average molecular weight is 545 g/mol. The number of amides is 3. The van der Waals surface area contributed by atoms with Crippen LogP contribution in [0.25, 0.3) is 0 Å². The number of carboxylic acid groups (broad SMARTS) is 2. The molecule has 1 aromatic carbocycles. The van der Waals surface area contributed by atoms with Crippen LogP contribution in [-0.4, -0.2) is 74.0 Å². The summed E-state index contributed by atoms with van der Waals surface area (Å²) in [7, 11) is 0. The number of nitrogens with two attached hydrogens (primary N) is 1. The molecular weight excluding hydrogens is 508 g/mol. The van der Waals surface area contributed by atoms with E-state index in [1.807, 2.05) is 13.8 Å². The van der Waals surface area contributed by atoms with E-state index in [-0.39, 0.29) is 31.6 Å². The Hall–Kier alpha value is -4.26. The summed E-state index contributed by atoms with van der Waals surface area (Å²) in [6.45, 7) is 3.68. The molecule has 8 N–H and O–H groups in total. The van der Waals surface area contributed by atoms with Crippen LogP contribution in [0.15, 0.2) is 42.9 Å². The summed E-state index contributed by atoms with van der Waals surface area (Å²) < 4.78 is 0. The summed E-state index contributed by atoms with van der Waals surface area (Å²) in [5.74, 6) is -4.67. The summed E-state index contributed by atoms with van der Waals surface area (Å²) in [6.07, 6.45) is 2.60. The predicted octanol–water partition coefficient (Wildman–Crippen LogP) is -0.0279. The van der Waals surface area contributed by atoms with Crippen molar-refractivity contribution in [3.05, 3.63) is 54.1 Å². The first-order valence-electron chi connectivity index (χ1n) is 12.6. The van der Waals surface area contributed by atoms with Crippen molar-refractivity contribution in [2.24, 2.45) is 11.7 Å². The first kappa shape index (κ1) is 31.0. The summed E-state index contributed by atoms with van der Waals surface area (Å²) in [5.41, 5.74) is 7.29. The van der Waals surface area contributed by atoms with Gasteiger partial charge in [0.25, 0.3) is 0 Å². The van der Waals surface area contributed by atoms with Crippen LogP contribution < -0.4 is 21.7 Å². The molecule has 4 atom stereocenters. The van der Waals surface area contributed by atoms with Gasteiger partial charge in [-0.25, -0.2) is 9.78 Å². The predicted molar refractivity (Wildman–Crippen MR) is 140 cm³/mol. The van der Waals surface area contributed by atoms with E-state index in [4.69, 9.17) is 10.8 Å². The Morgan fingerprint density at radius 1 is 0.897 bits per heavy atom. The second-order valence-electron chi connectivity index (χ2n) is 9.66. The number of carboxylic acids is 2. The Balaban J connectivity index is 2.14. The number of imidazole rings is 1. The van der Waals surface area contributed by atoms with Gasteiger partial charge in [0.05, 0.1) is 12.4 Å². The number of aromatic amines is 1. The first-order valence-corrected chi connectivity index (χ1v) is 12.6. The van der Waals surface area contributed by atoms with E-state index < -0.39 is 60.2 Å². The van der Waals surface area contributed by atoms with Crippen LogP contribution in [0.2, 0.25) is 0 Å². The first-order chi connectivity index (χ1) is 18.5. The molecule has 2 aromatic rings. The molecule has 0 radical (unpaired) electrons. The molecular formula is C26H36N6O7. The zero-order chi connectivity index (χ0) is 28.9. The molecule has 1 heterocycles. The van der Waals surface area contributed by atoms with E-state index in [0.717, 1.165) is 0 Å². The van der Waals surface area contributed by atoms with Crippen molar-refractivity contribution in [2.45, 2.75) is 70.1 Å². The molecule has 0 aliphatic carbocycles. The van der Waals surface area contributed by atoms with Gasteiger partial charge in [-0.1, -0.05) is 44.2 Å². The SMILES string of the molecule is CC(C)CC(NC(=O)C(N)Cc1cnc[nH]1)C(=O)NC(CCC(=O)O)C(=O)NC(Cc1ccccc1)C(=O)O. The smallest absolute Gasteiger partial charge is 0.326 e. The van der Waals surface area contributed by atoms with Gasteiger partial charge in [-0.3, -0.25) is 19.2 Å². The van der Waals surface area contributed by atoms with Crippen molar-refractivity contribution in [2.75, 3.05) is 0 Å². The van der Waals surface area contributed by atoms with Crippen LogP contribution in [-0.2, 0) is 36.8 Å². The molecule has 0 saturated heterocycles. The summed E-state index contributed by atoms with van der Waals surface area (Å²) in [4.78, 5) is 68.7. The van der Waals surface area contributed by atoms with E-state index in [2.05, 4.69) is 25.9 Å². The molecule has 2 rings (SSSR count). The molecule has 0 spiro atoms. The number of aromatic nitrogens is 2. The van der Waals surface area contributed by atoms with Crippen LogP contribution in [0, 0.1) is 5.92 Å². The lowest BCUT2D eigenvalue weighted by molar-refractivity contribution is -0.143. The number of nitrogens with one attached hydrogen (secondary N) is 4. The van der Waals surface area contributed by atoms with Crippen LogP contribution in [0.5, 0.6) is 0 Å². The lowest BCUT2D eigenvalue weighted by Crippen LogP contribution is -2.57. The van der Waals surface area contributed by atoms with Crippen LogP contribution in [0.1, 0.15) is 44.4 Å². The highest BCUT2D eigenvalue weighted by Gasteiger charge is 2.31. The van der Waals surface area contributed by atoms with E-state index in [0.29, 0.717) is 11.3 Å². The maximum atomic E-state index is 13.2. The average Bonchev–Trinajstić information content (AvgIpc) is 3.38. The van der Waals surface area contributed by atoms with Crippen molar-refractivity contribution >= 4 is 29.7 Å². The molecule has 13 nitrogen and oxygen atoms in total. The number of aliphatic carboxylic acids is 2. The van der Waals surface area contributed by atoms with Gasteiger partial charge in [-0.05, 0) is 24.3 Å². The minimum absolute atomic E-state index is 0.0121. The number of benzene rings is 1. The van der Waals surface area contributed by atoms with Gasteiger partial charge in [0.2, 0.25) is 17.7 Å². The number of carbonyl (C=O) groups is 5. The van der Waals surface area contributed by atoms with Crippen molar-refractivity contribution in [3.63, 3.8) is 0 Å². The molecule has 13 heteroatoms. The third kappa shape index (κ3) is 10.9. The maximum absolute atomic E-state index is 13.2. The van der Waals surface area contributed by atoms with Crippen LogP contribution in [0.3, 0.4) is 0 Å². The molecule has 0 fully saturated rings. The number of H-pyrrole nitrogens is 1. The minimum atomic E-state index is -1.35. The molecule has 4 unspecified atom stereocenters. The second-order valence-corrected chi connectivity index (χ2v) is 9.66. The lowest BCUT2D eigenvalue weighted by atomic mass is 10.0. The maximum Gasteiger partial charge on any atom is 0.326 e. The molecule has 0 aliphatic rings. The van der Waals surface area contributed by atoms with E-state index in [1.54, 1.807) is 30.3 Å². The van der Waals surface area contributed by atoms with Crippen molar-refractivity contribution in [1.82, 2.24) is 25.9 Å². The number of hydrogen-bond acceptors (Lipinski definition) is 7. The quantitative estimate of drug-likeness (QED) is 0.151. The molecule has 0 bridgehead atoms. The zero-order valence-corrected chi connectivity index (χ0v) is 21.9. The van der Waals surface area contributed by atoms with E-state index >= 15 is 0 Å². The highest BCUT2D eigenvalue weighted by atomic mass is 16.4. The minimum Gasteiger partial charge on any atom is -0.481 e. The van der Waals surface area contributed by atoms with Crippen LogP contribution in [0.4, 0.5) is 0 Å². The monoisotopic (exact) mass is 544 g/mol. The Labute approximate surface area is 226 Å². The van der Waals surface area contributed by atoms with Gasteiger partial charge in [-0.2, -0.15) is 0 Å². The Bertz CT molecular complexity index is 1110. The van der Waals surface area contributed by atoms with Gasteiger partial charge >= 0.3 is 11.9 Å². The Morgan fingerprint density at radius 3 is 2.08 bits per heavy atom. The number of hydrogen-bond donors (Lipinski definition) is 7. The molecule has 1 aromatic heterocycles. The van der Waals surface area contributed by atoms with E-state index in [1.165, 1.54) is 12.5 Å². The fraction of sp³-hybridized carbons (Fsp3) is 0.462. The second kappa shape index (κ2) is 15.2. The summed E-state index contributed by atoms with van der Waals surface area (Å²) >= 11 is 0. The molecule has 0 saturated carbocycles. The standard InChI is InChI=1S/C26H36N6O7/c1-15(2)10-20(31-23(35)18(27)12-17-13-28-14-29-17)25(37)30-19(8-9-22(33)34)24(36)32-21(26(38)39)11-16-6-4-3-5-7-16/h3-7,13-15,18-21H,8-12,27H2,1-2H3,(H,28,29)(H,30,37)(H,31,35)(H,32,36)(H,33,34)(H,38,39). The molecule has 3 amide bonds. The molecule has 39 heavy (non-hydrogen) atoms. The molecule has 0 aliphatic heterocycles.